The summed E-state index contributed by atoms with van der Waals surface area (Å²) in [7, 11) is 1.62. The van der Waals surface area contributed by atoms with Crippen LogP contribution in [0.15, 0.2) is 0 Å². The van der Waals surface area contributed by atoms with Crippen LogP contribution in [0.25, 0.3) is 0 Å². The van der Waals surface area contributed by atoms with E-state index >= 15 is 0 Å². The van der Waals surface area contributed by atoms with E-state index in [1.165, 1.54) is 0 Å². The number of ketones is 1. The maximum Gasteiger partial charge on any atom is 0.145 e. The maximum absolute atomic E-state index is 12.2. The third-order valence-electron chi connectivity index (χ3n) is 2.75. The number of alkyl halides is 1. The SMILES string of the molecule is COC1NCC(Cl)CC1C(=O)C(C)(C)C. The molecule has 1 fully saturated rings. The Balaban J connectivity index is 2.75. The van der Waals surface area contributed by atoms with Crippen LogP contribution in [0, 0.1) is 11.3 Å². The maximum atomic E-state index is 12.2. The number of Topliss-reactive ketones (excluding diaryl/α,β-unsaturated/α-hetero) is 1. The van der Waals surface area contributed by atoms with Gasteiger partial charge in [0.05, 0.1) is 5.92 Å². The normalized spacial score (nSPS) is 32.7. The van der Waals surface area contributed by atoms with Crippen LogP contribution in [0.1, 0.15) is 27.2 Å². The Morgan fingerprint density at radius 3 is 2.53 bits per heavy atom. The van der Waals surface area contributed by atoms with Gasteiger partial charge in [-0.1, -0.05) is 20.8 Å². The predicted octanol–water partition coefficient (Wildman–Crippen LogP) is 1.79. The molecule has 0 spiro atoms. The van der Waals surface area contributed by atoms with Gasteiger partial charge in [0.15, 0.2) is 0 Å². The van der Waals surface area contributed by atoms with E-state index in [-0.39, 0.29) is 28.7 Å². The molecule has 1 aliphatic heterocycles. The first kappa shape index (κ1) is 12.9. The standard InChI is InChI=1S/C11H20ClNO2/c1-11(2,3)9(14)8-5-7(12)6-13-10(8)15-4/h7-8,10,13H,5-6H2,1-4H3. The van der Waals surface area contributed by atoms with Crippen molar-refractivity contribution in [2.24, 2.45) is 11.3 Å². The summed E-state index contributed by atoms with van der Waals surface area (Å²) in [6, 6.07) is 0. The van der Waals surface area contributed by atoms with Gasteiger partial charge in [0.25, 0.3) is 0 Å². The summed E-state index contributed by atoms with van der Waals surface area (Å²) in [6.45, 7) is 6.49. The molecule has 1 rings (SSSR count). The van der Waals surface area contributed by atoms with Crippen molar-refractivity contribution >= 4 is 17.4 Å². The second-order valence-corrected chi connectivity index (χ2v) is 5.74. The summed E-state index contributed by atoms with van der Waals surface area (Å²) in [5, 5.41) is 3.17. The van der Waals surface area contributed by atoms with E-state index in [2.05, 4.69) is 5.32 Å². The Morgan fingerprint density at radius 1 is 1.47 bits per heavy atom. The van der Waals surface area contributed by atoms with Crippen molar-refractivity contribution in [3.63, 3.8) is 0 Å². The van der Waals surface area contributed by atoms with Gasteiger partial charge >= 0.3 is 0 Å². The Bertz CT molecular complexity index is 237. The van der Waals surface area contributed by atoms with Gasteiger partial charge in [-0.3, -0.25) is 10.1 Å². The number of carbonyl (C=O) groups excluding carboxylic acids is 1. The molecule has 4 heteroatoms. The molecule has 0 aromatic heterocycles. The molecule has 88 valence electrons. The molecule has 1 N–H and O–H groups in total. The molecule has 0 aliphatic carbocycles. The Labute approximate surface area is 96.5 Å². The average Bonchev–Trinajstić information content (AvgIpc) is 2.15. The topological polar surface area (TPSA) is 38.3 Å². The van der Waals surface area contributed by atoms with Crippen LogP contribution >= 0.6 is 11.6 Å². The molecule has 3 atom stereocenters. The van der Waals surface area contributed by atoms with Gasteiger partial charge in [-0.05, 0) is 6.42 Å². The van der Waals surface area contributed by atoms with Gasteiger partial charge < -0.3 is 4.74 Å². The fraction of sp³-hybridized carbons (Fsp3) is 0.909. The van der Waals surface area contributed by atoms with Crippen molar-refractivity contribution in [3.8, 4) is 0 Å². The van der Waals surface area contributed by atoms with Crippen molar-refractivity contribution < 1.29 is 9.53 Å². The lowest BCUT2D eigenvalue weighted by atomic mass is 9.79. The van der Waals surface area contributed by atoms with E-state index < -0.39 is 0 Å². The van der Waals surface area contributed by atoms with E-state index in [0.717, 1.165) is 0 Å². The number of rotatable bonds is 2. The highest BCUT2D eigenvalue weighted by atomic mass is 35.5. The minimum Gasteiger partial charge on any atom is -0.366 e. The van der Waals surface area contributed by atoms with E-state index in [0.29, 0.717) is 13.0 Å². The predicted molar refractivity (Wildman–Crippen MR) is 61.0 cm³/mol. The highest BCUT2D eigenvalue weighted by molar-refractivity contribution is 6.21. The zero-order valence-corrected chi connectivity index (χ0v) is 10.6. The number of hydrogen-bond acceptors (Lipinski definition) is 3. The van der Waals surface area contributed by atoms with Gasteiger partial charge in [-0.25, -0.2) is 0 Å². The Morgan fingerprint density at radius 2 is 2.07 bits per heavy atom. The third kappa shape index (κ3) is 3.16. The molecule has 1 heterocycles. The summed E-state index contributed by atoms with van der Waals surface area (Å²) in [4.78, 5) is 12.2. The van der Waals surface area contributed by atoms with E-state index in [9.17, 15) is 4.79 Å². The monoisotopic (exact) mass is 233 g/mol. The second kappa shape index (κ2) is 4.81. The van der Waals surface area contributed by atoms with Crippen molar-refractivity contribution in [2.75, 3.05) is 13.7 Å². The number of carbonyl (C=O) groups is 1. The molecular weight excluding hydrogens is 214 g/mol. The van der Waals surface area contributed by atoms with Gasteiger partial charge in [-0.15, -0.1) is 11.6 Å². The smallest absolute Gasteiger partial charge is 0.145 e. The molecule has 1 saturated heterocycles. The molecule has 1 aliphatic rings. The Hall–Kier alpha value is -0.120. The van der Waals surface area contributed by atoms with Crippen molar-refractivity contribution in [2.45, 2.75) is 38.8 Å². The van der Waals surface area contributed by atoms with Crippen LogP contribution in [-0.2, 0) is 9.53 Å². The van der Waals surface area contributed by atoms with Crippen LogP contribution in [0.3, 0.4) is 0 Å². The molecule has 0 bridgehead atoms. The van der Waals surface area contributed by atoms with Crippen molar-refractivity contribution in [3.05, 3.63) is 0 Å². The number of hydrogen-bond donors (Lipinski definition) is 1. The molecule has 0 aromatic carbocycles. The molecular formula is C11H20ClNO2. The number of methoxy groups -OCH3 is 1. The highest BCUT2D eigenvalue weighted by Crippen LogP contribution is 2.29. The van der Waals surface area contributed by atoms with Gasteiger partial charge in [-0.2, -0.15) is 0 Å². The minimum atomic E-state index is -0.336. The first-order valence-electron chi connectivity index (χ1n) is 5.31. The second-order valence-electron chi connectivity index (χ2n) is 5.12. The zero-order chi connectivity index (χ0) is 11.6. The highest BCUT2D eigenvalue weighted by Gasteiger charge is 2.39. The lowest BCUT2D eigenvalue weighted by Gasteiger charge is -2.36. The zero-order valence-electron chi connectivity index (χ0n) is 9.84. The summed E-state index contributed by atoms with van der Waals surface area (Å²) in [5.74, 6) is 0.0819. The molecule has 0 saturated carbocycles. The number of piperidine rings is 1. The third-order valence-corrected chi connectivity index (χ3v) is 3.08. The van der Waals surface area contributed by atoms with E-state index in [1.54, 1.807) is 7.11 Å². The molecule has 3 unspecified atom stereocenters. The summed E-state index contributed by atoms with van der Waals surface area (Å²) in [6.07, 6.45) is 0.509. The largest absolute Gasteiger partial charge is 0.366 e. The van der Waals surface area contributed by atoms with E-state index in [1.807, 2.05) is 20.8 Å². The van der Waals surface area contributed by atoms with Crippen LogP contribution in [0.5, 0.6) is 0 Å². The number of nitrogens with one attached hydrogen (secondary N) is 1. The quantitative estimate of drug-likeness (QED) is 0.740. The molecule has 0 amide bonds. The number of ether oxygens (including phenoxy) is 1. The average molecular weight is 234 g/mol. The van der Waals surface area contributed by atoms with Crippen LogP contribution in [0.4, 0.5) is 0 Å². The van der Waals surface area contributed by atoms with Crippen molar-refractivity contribution in [1.82, 2.24) is 5.32 Å². The first-order chi connectivity index (χ1) is 6.86. The van der Waals surface area contributed by atoms with Crippen LogP contribution in [-0.4, -0.2) is 31.0 Å². The van der Waals surface area contributed by atoms with Gasteiger partial charge in [0.2, 0.25) is 0 Å². The first-order valence-corrected chi connectivity index (χ1v) is 5.74. The van der Waals surface area contributed by atoms with Gasteiger partial charge in [0, 0.05) is 24.4 Å². The molecule has 15 heavy (non-hydrogen) atoms. The lowest BCUT2D eigenvalue weighted by molar-refractivity contribution is -0.137. The number of halogens is 1. The molecule has 3 nitrogen and oxygen atoms in total. The van der Waals surface area contributed by atoms with E-state index in [4.69, 9.17) is 16.3 Å². The minimum absolute atomic E-state index is 0.0210. The fourth-order valence-electron chi connectivity index (χ4n) is 1.92. The van der Waals surface area contributed by atoms with Crippen LogP contribution in [0.2, 0.25) is 0 Å². The van der Waals surface area contributed by atoms with Gasteiger partial charge in [0.1, 0.15) is 12.0 Å². The summed E-state index contributed by atoms with van der Waals surface area (Å²) < 4.78 is 5.28. The summed E-state index contributed by atoms with van der Waals surface area (Å²) in [5.41, 5.74) is -0.336. The lowest BCUT2D eigenvalue weighted by Crippen LogP contribution is -2.52. The summed E-state index contributed by atoms with van der Waals surface area (Å²) >= 11 is 6.06. The van der Waals surface area contributed by atoms with Crippen LogP contribution < -0.4 is 5.32 Å². The Kier molecular flexibility index (Phi) is 4.15. The fourth-order valence-corrected chi connectivity index (χ4v) is 2.20. The molecule has 0 aromatic rings. The van der Waals surface area contributed by atoms with Crippen molar-refractivity contribution in [1.29, 1.82) is 0 Å². The molecule has 0 radical (unpaired) electrons.